The number of hydrogen-bond donors (Lipinski definition) is 0. The van der Waals surface area contributed by atoms with E-state index in [1.54, 1.807) is 0 Å². The average Bonchev–Trinajstić information content (AvgIpc) is 2.78. The van der Waals surface area contributed by atoms with Gasteiger partial charge in [-0.2, -0.15) is 0 Å². The Hall–Kier alpha value is -0.200. The molecule has 0 spiro atoms. The number of nitrogens with zero attached hydrogens (tertiary/aromatic N) is 1. The minimum absolute atomic E-state index is 0.00688. The largest absolute Gasteiger partial charge is 0.380 e. The van der Waals surface area contributed by atoms with Gasteiger partial charge in [-0.05, 0) is 44.6 Å². The van der Waals surface area contributed by atoms with Crippen LogP contribution in [0, 0.1) is 5.92 Å². The fourth-order valence-electron chi connectivity index (χ4n) is 4.10. The van der Waals surface area contributed by atoms with Gasteiger partial charge in [-0.3, -0.25) is 4.90 Å². The highest BCUT2D eigenvalue weighted by atomic mass is 16.6. The normalized spacial score (nSPS) is 24.5. The molecule has 0 radical (unpaired) electrons. The molecule has 0 bridgehead atoms. The molecule has 0 aromatic carbocycles. The van der Waals surface area contributed by atoms with Crippen LogP contribution in [0.4, 0.5) is 0 Å². The van der Waals surface area contributed by atoms with Crippen LogP contribution < -0.4 is 0 Å². The summed E-state index contributed by atoms with van der Waals surface area (Å²) in [5.74, 6) is 0.675. The van der Waals surface area contributed by atoms with E-state index in [2.05, 4.69) is 46.4 Å². The lowest BCUT2D eigenvalue weighted by molar-refractivity contribution is -0.202. The first-order valence-corrected chi connectivity index (χ1v) is 13.7. The highest BCUT2D eigenvalue weighted by Gasteiger charge is 2.45. The quantitative estimate of drug-likeness (QED) is 0.207. The van der Waals surface area contributed by atoms with E-state index in [1.165, 1.54) is 6.42 Å². The van der Waals surface area contributed by atoms with Gasteiger partial charge in [-0.1, -0.05) is 67.2 Å². The highest BCUT2D eigenvalue weighted by molar-refractivity contribution is 4.97. The molecule has 32 heavy (non-hydrogen) atoms. The lowest BCUT2D eigenvalue weighted by Crippen LogP contribution is -2.65. The Bertz CT molecular complexity index is 420. The third-order valence-corrected chi connectivity index (χ3v) is 6.32. The molecule has 0 amide bonds. The van der Waals surface area contributed by atoms with Crippen LogP contribution in [0.3, 0.4) is 0 Å². The number of ether oxygens (including phenoxy) is 4. The van der Waals surface area contributed by atoms with E-state index in [0.29, 0.717) is 12.5 Å². The maximum Gasteiger partial charge on any atom is 0.113 e. The van der Waals surface area contributed by atoms with E-state index in [9.17, 15) is 0 Å². The molecule has 4 unspecified atom stereocenters. The van der Waals surface area contributed by atoms with E-state index < -0.39 is 0 Å². The van der Waals surface area contributed by atoms with Gasteiger partial charge in [0.1, 0.15) is 12.2 Å². The first-order valence-electron chi connectivity index (χ1n) is 13.7. The molecule has 1 aliphatic heterocycles. The van der Waals surface area contributed by atoms with Gasteiger partial charge in [0.25, 0.3) is 0 Å². The molecule has 0 aromatic rings. The van der Waals surface area contributed by atoms with Crippen LogP contribution in [-0.2, 0) is 18.9 Å². The number of piperidine rings is 1. The average molecular weight is 458 g/mol. The molecule has 1 saturated heterocycles. The summed E-state index contributed by atoms with van der Waals surface area (Å²) in [7, 11) is 0. The van der Waals surface area contributed by atoms with Crippen molar-refractivity contribution < 1.29 is 18.9 Å². The molecule has 0 aliphatic carbocycles. The Morgan fingerprint density at radius 3 is 1.81 bits per heavy atom. The smallest absolute Gasteiger partial charge is 0.113 e. The second kappa shape index (κ2) is 19.1. The molecule has 192 valence electrons. The second-order valence-electron chi connectivity index (χ2n) is 9.81. The lowest BCUT2D eigenvalue weighted by atomic mass is 9.92. The van der Waals surface area contributed by atoms with Crippen molar-refractivity contribution in [1.82, 2.24) is 4.90 Å². The zero-order valence-corrected chi connectivity index (χ0v) is 22.3. The van der Waals surface area contributed by atoms with E-state index in [4.69, 9.17) is 18.9 Å². The van der Waals surface area contributed by atoms with Crippen LogP contribution in [0.2, 0.25) is 0 Å². The topological polar surface area (TPSA) is 40.2 Å². The third-order valence-electron chi connectivity index (χ3n) is 6.32. The highest BCUT2D eigenvalue weighted by Crippen LogP contribution is 2.28. The molecule has 5 nitrogen and oxygen atoms in total. The monoisotopic (exact) mass is 457 g/mol. The molecule has 1 fully saturated rings. The molecule has 1 heterocycles. The van der Waals surface area contributed by atoms with Crippen molar-refractivity contribution in [3.05, 3.63) is 0 Å². The van der Waals surface area contributed by atoms with Crippen molar-refractivity contribution in [2.24, 2.45) is 5.92 Å². The molecule has 0 N–H and O–H groups in total. The molecule has 1 aliphatic rings. The van der Waals surface area contributed by atoms with Gasteiger partial charge >= 0.3 is 0 Å². The summed E-state index contributed by atoms with van der Waals surface area (Å²) < 4.78 is 25.7. The predicted molar refractivity (Wildman–Crippen MR) is 134 cm³/mol. The van der Waals surface area contributed by atoms with Gasteiger partial charge in [0, 0.05) is 33.0 Å². The first-order chi connectivity index (χ1) is 15.6. The lowest BCUT2D eigenvalue weighted by Gasteiger charge is -2.48. The van der Waals surface area contributed by atoms with Gasteiger partial charge in [-0.15, -0.1) is 0 Å². The predicted octanol–water partition coefficient (Wildman–Crippen LogP) is 6.09. The summed E-state index contributed by atoms with van der Waals surface area (Å²) in [6, 6.07) is 0.222. The maximum atomic E-state index is 6.58. The maximum absolute atomic E-state index is 6.58. The summed E-state index contributed by atoms with van der Waals surface area (Å²) >= 11 is 0. The van der Waals surface area contributed by atoms with Crippen LogP contribution in [-0.4, -0.2) is 75.4 Å². The van der Waals surface area contributed by atoms with Crippen LogP contribution in [0.25, 0.3) is 0 Å². The van der Waals surface area contributed by atoms with Gasteiger partial charge in [0.05, 0.1) is 18.8 Å². The minimum atomic E-state index is -0.0228. The summed E-state index contributed by atoms with van der Waals surface area (Å²) in [4.78, 5) is 2.58. The van der Waals surface area contributed by atoms with Crippen molar-refractivity contribution in [3.63, 3.8) is 0 Å². The molecule has 5 heteroatoms. The van der Waals surface area contributed by atoms with Gasteiger partial charge in [0.15, 0.2) is 0 Å². The molecular weight excluding hydrogens is 402 g/mol. The van der Waals surface area contributed by atoms with E-state index in [-0.39, 0.29) is 24.4 Å². The van der Waals surface area contributed by atoms with Crippen LogP contribution in [0.1, 0.15) is 99.3 Å². The summed E-state index contributed by atoms with van der Waals surface area (Å²) in [6.45, 7) is 19.3. The first kappa shape index (κ1) is 29.8. The van der Waals surface area contributed by atoms with Crippen LogP contribution in [0.5, 0.6) is 0 Å². The van der Waals surface area contributed by atoms with Gasteiger partial charge < -0.3 is 18.9 Å². The van der Waals surface area contributed by atoms with Crippen molar-refractivity contribution >= 4 is 0 Å². The second-order valence-corrected chi connectivity index (χ2v) is 9.81. The minimum Gasteiger partial charge on any atom is -0.380 e. The van der Waals surface area contributed by atoms with Crippen molar-refractivity contribution in [3.8, 4) is 0 Å². The summed E-state index contributed by atoms with van der Waals surface area (Å²) in [5, 5.41) is 0. The van der Waals surface area contributed by atoms with E-state index in [0.717, 1.165) is 90.9 Å². The number of hydrogen-bond acceptors (Lipinski definition) is 5. The zero-order chi connectivity index (χ0) is 23.6. The van der Waals surface area contributed by atoms with Crippen molar-refractivity contribution in [2.45, 2.75) is 124 Å². The van der Waals surface area contributed by atoms with Gasteiger partial charge in [-0.25, -0.2) is 0 Å². The van der Waals surface area contributed by atoms with E-state index in [1.807, 2.05) is 0 Å². The Labute approximate surface area is 199 Å². The van der Waals surface area contributed by atoms with Crippen molar-refractivity contribution in [2.75, 3.05) is 46.1 Å². The Morgan fingerprint density at radius 1 is 0.719 bits per heavy atom. The molecule has 0 saturated carbocycles. The molecule has 1 rings (SSSR count). The number of likely N-dealkylation sites (tertiary alicyclic amines) is 1. The fraction of sp³-hybridized carbons (Fsp3) is 1.00. The Balaban J connectivity index is 3.06. The van der Waals surface area contributed by atoms with Crippen LogP contribution in [0.15, 0.2) is 0 Å². The summed E-state index contributed by atoms with van der Waals surface area (Å²) in [5.41, 5.74) is 0. The fourth-order valence-corrected chi connectivity index (χ4v) is 4.10. The van der Waals surface area contributed by atoms with Crippen LogP contribution >= 0.6 is 0 Å². The molecule has 0 aromatic heterocycles. The number of unbranched alkanes of at least 4 members (excludes halogenated alkanes) is 4. The molecular formula is C27H55NO4. The van der Waals surface area contributed by atoms with E-state index >= 15 is 0 Å². The Morgan fingerprint density at radius 2 is 1.25 bits per heavy atom. The number of rotatable bonds is 20. The standard InChI is InChI=1S/C27H55NO4/c1-7-11-17-29-22-24-26(31-19-13-9-3)27(32-20-14-10-4)25(30-18-12-8-2)21-28(24)16-15-23(5)6/h23-27H,7-22H2,1-6H3. The summed E-state index contributed by atoms with van der Waals surface area (Å²) in [6.07, 6.45) is 10.2. The molecule has 4 atom stereocenters. The van der Waals surface area contributed by atoms with Gasteiger partial charge in [0.2, 0.25) is 0 Å². The zero-order valence-electron chi connectivity index (χ0n) is 22.3. The SMILES string of the molecule is CCCCOCC1C(OCCCC)C(OCCCC)C(OCCCC)CN1CCC(C)C. The Kier molecular flexibility index (Phi) is 17.8. The third kappa shape index (κ3) is 11.8. The van der Waals surface area contributed by atoms with Crippen molar-refractivity contribution in [1.29, 1.82) is 0 Å².